The van der Waals surface area contributed by atoms with Gasteiger partial charge in [-0.25, -0.2) is 0 Å². The summed E-state index contributed by atoms with van der Waals surface area (Å²) in [4.78, 5) is 25.8. The lowest BCUT2D eigenvalue weighted by Crippen LogP contribution is -2.37. The summed E-state index contributed by atoms with van der Waals surface area (Å²) in [5.41, 5.74) is 1.02. The zero-order valence-electron chi connectivity index (χ0n) is 14.4. The van der Waals surface area contributed by atoms with E-state index in [-0.39, 0.29) is 17.9 Å². The molecule has 132 valence electrons. The maximum atomic E-state index is 12.2. The molecule has 1 aromatic carbocycles. The predicted octanol–water partition coefficient (Wildman–Crippen LogP) is 2.79. The summed E-state index contributed by atoms with van der Waals surface area (Å²) in [5.74, 6) is -0.225. The molecule has 0 amide bonds. The van der Waals surface area contributed by atoms with E-state index >= 15 is 0 Å². The molecule has 0 saturated carbocycles. The van der Waals surface area contributed by atoms with Gasteiger partial charge in [-0.05, 0) is 51.4 Å². The summed E-state index contributed by atoms with van der Waals surface area (Å²) in [6, 6.07) is 9.75. The molecule has 1 aliphatic heterocycles. The summed E-state index contributed by atoms with van der Waals surface area (Å²) < 4.78 is 10.3. The Kier molecular flexibility index (Phi) is 7.75. The number of rotatable bonds is 8. The van der Waals surface area contributed by atoms with Crippen molar-refractivity contribution in [3.63, 3.8) is 0 Å². The lowest BCUT2D eigenvalue weighted by atomic mass is 9.97. The Bertz CT molecular complexity index is 509. The van der Waals surface area contributed by atoms with Gasteiger partial charge in [0.1, 0.15) is 6.61 Å². The molecule has 1 fully saturated rings. The fourth-order valence-corrected chi connectivity index (χ4v) is 2.92. The van der Waals surface area contributed by atoms with Crippen LogP contribution in [-0.4, -0.2) is 43.1 Å². The molecule has 1 saturated heterocycles. The number of hydrogen-bond donors (Lipinski definition) is 0. The van der Waals surface area contributed by atoms with E-state index in [4.69, 9.17) is 9.47 Å². The van der Waals surface area contributed by atoms with E-state index in [2.05, 4.69) is 4.90 Å². The number of carbonyl (C=O) groups is 2. The second-order valence-electron chi connectivity index (χ2n) is 6.12. The van der Waals surface area contributed by atoms with Crippen LogP contribution in [-0.2, 0) is 25.7 Å². The van der Waals surface area contributed by atoms with Crippen molar-refractivity contribution < 1.29 is 19.1 Å². The average molecular weight is 333 g/mol. The molecule has 0 aliphatic carbocycles. The number of benzene rings is 1. The predicted molar refractivity (Wildman–Crippen MR) is 91.3 cm³/mol. The molecule has 0 spiro atoms. The molecular weight excluding hydrogens is 306 g/mol. The van der Waals surface area contributed by atoms with E-state index in [9.17, 15) is 9.59 Å². The highest BCUT2D eigenvalue weighted by molar-refractivity contribution is 5.72. The van der Waals surface area contributed by atoms with Crippen LogP contribution in [0.25, 0.3) is 0 Å². The summed E-state index contributed by atoms with van der Waals surface area (Å²) >= 11 is 0. The lowest BCUT2D eigenvalue weighted by molar-refractivity contribution is -0.151. The van der Waals surface area contributed by atoms with Crippen molar-refractivity contribution in [1.29, 1.82) is 0 Å². The Morgan fingerprint density at radius 2 is 1.83 bits per heavy atom. The quantitative estimate of drug-likeness (QED) is 0.685. The van der Waals surface area contributed by atoms with E-state index in [0.29, 0.717) is 19.6 Å². The van der Waals surface area contributed by atoms with Crippen molar-refractivity contribution in [2.75, 3.05) is 26.2 Å². The molecule has 5 nitrogen and oxygen atoms in total. The fraction of sp³-hybridized carbons (Fsp3) is 0.579. The molecule has 1 aliphatic rings. The third-order valence-electron chi connectivity index (χ3n) is 4.31. The highest BCUT2D eigenvalue weighted by Gasteiger charge is 2.26. The van der Waals surface area contributed by atoms with Gasteiger partial charge in [0, 0.05) is 6.42 Å². The average Bonchev–Trinajstić information content (AvgIpc) is 2.61. The first kappa shape index (κ1) is 18.5. The molecule has 1 heterocycles. The van der Waals surface area contributed by atoms with Crippen LogP contribution < -0.4 is 0 Å². The van der Waals surface area contributed by atoms with Crippen LogP contribution in [0.2, 0.25) is 0 Å². The Morgan fingerprint density at radius 3 is 2.50 bits per heavy atom. The van der Waals surface area contributed by atoms with Crippen LogP contribution in [0.4, 0.5) is 0 Å². The second-order valence-corrected chi connectivity index (χ2v) is 6.12. The number of likely N-dealkylation sites (tertiary alicyclic amines) is 1. The normalized spacial score (nSPS) is 15.9. The Hall–Kier alpha value is -1.88. The highest BCUT2D eigenvalue weighted by Crippen LogP contribution is 2.19. The fourth-order valence-electron chi connectivity index (χ4n) is 2.92. The molecular formula is C19H27NO4. The third kappa shape index (κ3) is 6.32. The molecule has 0 unspecified atom stereocenters. The number of nitrogens with zero attached hydrogens (tertiary/aromatic N) is 1. The van der Waals surface area contributed by atoms with Crippen LogP contribution in [0.1, 0.15) is 38.2 Å². The van der Waals surface area contributed by atoms with Gasteiger partial charge < -0.3 is 14.4 Å². The first-order valence-electron chi connectivity index (χ1n) is 8.77. The smallest absolute Gasteiger partial charge is 0.309 e. The van der Waals surface area contributed by atoms with Gasteiger partial charge in [-0.1, -0.05) is 30.3 Å². The molecule has 0 radical (unpaired) electrons. The minimum atomic E-state index is -0.128. The molecule has 0 N–H and O–H groups in total. The molecule has 2 rings (SSSR count). The largest absolute Gasteiger partial charge is 0.466 e. The Morgan fingerprint density at radius 1 is 1.12 bits per heavy atom. The maximum Gasteiger partial charge on any atom is 0.309 e. The van der Waals surface area contributed by atoms with E-state index in [1.165, 1.54) is 0 Å². The van der Waals surface area contributed by atoms with Crippen molar-refractivity contribution >= 4 is 11.9 Å². The van der Waals surface area contributed by atoms with Crippen LogP contribution >= 0.6 is 0 Å². The molecule has 0 atom stereocenters. The van der Waals surface area contributed by atoms with Gasteiger partial charge in [-0.15, -0.1) is 0 Å². The zero-order chi connectivity index (χ0) is 17.2. The molecule has 0 bridgehead atoms. The molecule has 1 aromatic rings. The van der Waals surface area contributed by atoms with E-state index < -0.39 is 0 Å². The van der Waals surface area contributed by atoms with Gasteiger partial charge in [0.2, 0.25) is 0 Å². The Balaban J connectivity index is 1.61. The number of hydrogen-bond acceptors (Lipinski definition) is 5. The maximum absolute atomic E-state index is 12.2. The molecule has 24 heavy (non-hydrogen) atoms. The summed E-state index contributed by atoms with van der Waals surface area (Å²) in [7, 11) is 0. The standard InChI is InChI=1S/C19H27NO4/c1-2-23-18(21)9-6-12-20-13-10-17(11-14-20)19(22)24-15-16-7-4-3-5-8-16/h3-5,7-8,17H,2,6,9-15H2,1H3. The van der Waals surface area contributed by atoms with E-state index in [1.807, 2.05) is 37.3 Å². The summed E-state index contributed by atoms with van der Waals surface area (Å²) in [6.07, 6.45) is 2.93. The van der Waals surface area contributed by atoms with Gasteiger partial charge in [0.05, 0.1) is 12.5 Å². The van der Waals surface area contributed by atoms with E-state index in [1.54, 1.807) is 0 Å². The minimum Gasteiger partial charge on any atom is -0.466 e. The lowest BCUT2D eigenvalue weighted by Gasteiger charge is -2.30. The van der Waals surface area contributed by atoms with Crippen molar-refractivity contribution in [3.05, 3.63) is 35.9 Å². The zero-order valence-corrected chi connectivity index (χ0v) is 14.4. The van der Waals surface area contributed by atoms with Crippen LogP contribution in [0.5, 0.6) is 0 Å². The third-order valence-corrected chi connectivity index (χ3v) is 4.31. The van der Waals surface area contributed by atoms with Crippen LogP contribution in [0, 0.1) is 5.92 Å². The van der Waals surface area contributed by atoms with Crippen molar-refractivity contribution in [2.45, 2.75) is 39.2 Å². The highest BCUT2D eigenvalue weighted by atomic mass is 16.5. The van der Waals surface area contributed by atoms with Crippen LogP contribution in [0.15, 0.2) is 30.3 Å². The number of ether oxygens (including phenoxy) is 2. The van der Waals surface area contributed by atoms with E-state index in [0.717, 1.165) is 44.5 Å². The minimum absolute atomic E-state index is 0.00461. The molecule has 5 heteroatoms. The number of esters is 2. The van der Waals surface area contributed by atoms with Crippen molar-refractivity contribution in [3.8, 4) is 0 Å². The van der Waals surface area contributed by atoms with Gasteiger partial charge in [0.25, 0.3) is 0 Å². The van der Waals surface area contributed by atoms with Gasteiger partial charge in [0.15, 0.2) is 0 Å². The monoisotopic (exact) mass is 333 g/mol. The topological polar surface area (TPSA) is 55.8 Å². The second kappa shape index (κ2) is 10.1. The molecule has 0 aromatic heterocycles. The SMILES string of the molecule is CCOC(=O)CCCN1CCC(C(=O)OCc2ccccc2)CC1. The first-order chi connectivity index (χ1) is 11.7. The van der Waals surface area contributed by atoms with Crippen LogP contribution in [0.3, 0.4) is 0 Å². The van der Waals surface area contributed by atoms with Gasteiger partial charge >= 0.3 is 11.9 Å². The van der Waals surface area contributed by atoms with Crippen molar-refractivity contribution in [2.24, 2.45) is 5.92 Å². The number of piperidine rings is 1. The van der Waals surface area contributed by atoms with Gasteiger partial charge in [-0.2, -0.15) is 0 Å². The van der Waals surface area contributed by atoms with Crippen molar-refractivity contribution in [1.82, 2.24) is 4.90 Å². The number of carbonyl (C=O) groups excluding carboxylic acids is 2. The van der Waals surface area contributed by atoms with Gasteiger partial charge in [-0.3, -0.25) is 9.59 Å². The Labute approximate surface area is 143 Å². The summed E-state index contributed by atoms with van der Waals surface area (Å²) in [6.45, 7) is 5.25. The summed E-state index contributed by atoms with van der Waals surface area (Å²) in [5, 5.41) is 0. The first-order valence-corrected chi connectivity index (χ1v) is 8.77.